The van der Waals surface area contributed by atoms with Gasteiger partial charge in [0.15, 0.2) is 6.61 Å². The molecule has 0 fully saturated rings. The highest BCUT2D eigenvalue weighted by Gasteiger charge is 2.21. The largest absolute Gasteiger partial charge is 0.482 e. The van der Waals surface area contributed by atoms with E-state index in [0.29, 0.717) is 27.7 Å². The summed E-state index contributed by atoms with van der Waals surface area (Å²) in [6.07, 6.45) is 0. The second-order valence-corrected chi connectivity index (χ2v) is 6.62. The Kier molecular flexibility index (Phi) is 3.65. The van der Waals surface area contributed by atoms with Gasteiger partial charge in [0.2, 0.25) is 0 Å². The van der Waals surface area contributed by atoms with Gasteiger partial charge in [-0.2, -0.15) is 0 Å². The van der Waals surface area contributed by atoms with Crippen molar-refractivity contribution in [2.24, 2.45) is 0 Å². The number of hydrogen-bond donors (Lipinski definition) is 2. The fourth-order valence-electron chi connectivity index (χ4n) is 2.82. The minimum atomic E-state index is -0.392. The average molecular weight is 355 g/mol. The molecule has 126 valence electrons. The van der Waals surface area contributed by atoms with Gasteiger partial charge in [-0.05, 0) is 42.8 Å². The molecule has 0 saturated heterocycles. The molecule has 1 aliphatic rings. The number of carbonyl (C=O) groups excluding carboxylic acids is 1. The number of nitrogens with one attached hydrogen (secondary N) is 1. The number of ether oxygens (including phenoxy) is 1. The van der Waals surface area contributed by atoms with Gasteiger partial charge in [-0.15, -0.1) is 11.3 Å². The number of nitrogens with zero attached hydrogens (tertiary/aromatic N) is 1. The number of benzene rings is 2. The highest BCUT2D eigenvalue weighted by molar-refractivity contribution is 7.13. The number of nitrogen functional groups attached to an aromatic ring is 1. The summed E-state index contributed by atoms with van der Waals surface area (Å²) >= 11 is 1.41. The van der Waals surface area contributed by atoms with Gasteiger partial charge in [0.1, 0.15) is 16.6 Å². The Bertz CT molecular complexity index is 980. The molecular formula is C18H14FN3O2S. The van der Waals surface area contributed by atoms with E-state index in [0.717, 1.165) is 16.8 Å². The lowest BCUT2D eigenvalue weighted by atomic mass is 10.0. The fraction of sp³-hybridized carbons (Fsp3) is 0.111. The van der Waals surface area contributed by atoms with Crippen LogP contribution in [-0.4, -0.2) is 17.5 Å². The second-order valence-electron chi connectivity index (χ2n) is 5.76. The van der Waals surface area contributed by atoms with Gasteiger partial charge in [-0.3, -0.25) is 4.79 Å². The first-order valence-corrected chi connectivity index (χ1v) is 8.48. The van der Waals surface area contributed by atoms with Crippen LogP contribution in [0.3, 0.4) is 0 Å². The molecule has 0 atom stereocenters. The summed E-state index contributed by atoms with van der Waals surface area (Å²) in [5.74, 6) is 0.0766. The summed E-state index contributed by atoms with van der Waals surface area (Å²) in [4.78, 5) is 16.2. The van der Waals surface area contributed by atoms with E-state index < -0.39 is 5.82 Å². The standard InChI is InChI=1S/C18H14FN3O2S/c1-9-13(2-3-15-17(9)22-16(23)7-24-15)14-8-25-18(21-14)10-4-11(19)6-12(20)5-10/h2-6,8H,7,20H2,1H3,(H,22,23). The molecule has 0 radical (unpaired) electrons. The molecule has 1 aromatic heterocycles. The number of anilines is 2. The van der Waals surface area contributed by atoms with Crippen molar-refractivity contribution in [1.82, 2.24) is 4.98 Å². The van der Waals surface area contributed by atoms with E-state index in [1.165, 1.54) is 23.5 Å². The van der Waals surface area contributed by atoms with Crippen molar-refractivity contribution in [3.8, 4) is 27.6 Å². The number of nitrogens with two attached hydrogens (primary N) is 1. The lowest BCUT2D eigenvalue weighted by Crippen LogP contribution is -2.26. The van der Waals surface area contributed by atoms with E-state index in [-0.39, 0.29) is 12.5 Å². The zero-order valence-electron chi connectivity index (χ0n) is 13.3. The molecule has 0 saturated carbocycles. The Labute approximate surface area is 147 Å². The van der Waals surface area contributed by atoms with Crippen molar-refractivity contribution in [3.05, 3.63) is 47.1 Å². The van der Waals surface area contributed by atoms with Crippen LogP contribution in [0.15, 0.2) is 35.7 Å². The molecule has 1 aliphatic heterocycles. The van der Waals surface area contributed by atoms with Crippen LogP contribution in [0.5, 0.6) is 5.75 Å². The zero-order chi connectivity index (χ0) is 17.6. The Balaban J connectivity index is 1.76. The number of hydrogen-bond acceptors (Lipinski definition) is 5. The topological polar surface area (TPSA) is 77.2 Å². The number of rotatable bonds is 2. The van der Waals surface area contributed by atoms with Crippen molar-refractivity contribution in [2.75, 3.05) is 17.7 Å². The third-order valence-corrected chi connectivity index (χ3v) is 4.89. The lowest BCUT2D eigenvalue weighted by molar-refractivity contribution is -0.118. The van der Waals surface area contributed by atoms with Crippen LogP contribution >= 0.6 is 11.3 Å². The molecular weight excluding hydrogens is 341 g/mol. The summed E-state index contributed by atoms with van der Waals surface area (Å²) in [5, 5.41) is 5.42. The second kappa shape index (κ2) is 5.86. The third kappa shape index (κ3) is 2.83. The van der Waals surface area contributed by atoms with Crippen LogP contribution in [0.1, 0.15) is 5.56 Å². The van der Waals surface area contributed by atoms with E-state index >= 15 is 0 Å². The highest BCUT2D eigenvalue weighted by Crippen LogP contribution is 2.38. The molecule has 5 nitrogen and oxygen atoms in total. The number of fused-ring (bicyclic) bond motifs is 1. The van der Waals surface area contributed by atoms with E-state index in [4.69, 9.17) is 10.5 Å². The lowest BCUT2D eigenvalue weighted by Gasteiger charge is -2.21. The zero-order valence-corrected chi connectivity index (χ0v) is 14.1. The van der Waals surface area contributed by atoms with Crippen molar-refractivity contribution in [1.29, 1.82) is 0 Å². The van der Waals surface area contributed by atoms with Gasteiger partial charge in [0.05, 0.1) is 11.4 Å². The van der Waals surface area contributed by atoms with E-state index in [9.17, 15) is 9.18 Å². The molecule has 2 aromatic carbocycles. The summed E-state index contributed by atoms with van der Waals surface area (Å²) in [5.41, 5.74) is 9.89. The van der Waals surface area contributed by atoms with Crippen molar-refractivity contribution >= 4 is 28.6 Å². The fourth-order valence-corrected chi connectivity index (χ4v) is 3.63. The Morgan fingerprint density at radius 2 is 2.16 bits per heavy atom. The molecule has 4 rings (SSSR count). The van der Waals surface area contributed by atoms with Crippen LogP contribution in [-0.2, 0) is 4.79 Å². The van der Waals surface area contributed by atoms with Crippen molar-refractivity contribution < 1.29 is 13.9 Å². The molecule has 0 aliphatic carbocycles. The van der Waals surface area contributed by atoms with E-state index in [2.05, 4.69) is 10.3 Å². The first-order chi connectivity index (χ1) is 12.0. The van der Waals surface area contributed by atoms with E-state index in [1.807, 2.05) is 24.4 Å². The van der Waals surface area contributed by atoms with Gasteiger partial charge >= 0.3 is 0 Å². The molecule has 2 heterocycles. The summed E-state index contributed by atoms with van der Waals surface area (Å²) in [6, 6.07) is 8.10. The van der Waals surface area contributed by atoms with Gasteiger partial charge in [-0.1, -0.05) is 0 Å². The molecule has 7 heteroatoms. The maximum absolute atomic E-state index is 13.6. The number of carbonyl (C=O) groups is 1. The minimum absolute atomic E-state index is 0.0215. The summed E-state index contributed by atoms with van der Waals surface area (Å²) < 4.78 is 19.0. The number of aromatic nitrogens is 1. The number of halogens is 1. The maximum atomic E-state index is 13.6. The van der Waals surface area contributed by atoms with Crippen LogP contribution in [0.4, 0.5) is 15.8 Å². The van der Waals surface area contributed by atoms with Crippen LogP contribution in [0.2, 0.25) is 0 Å². The molecule has 3 aromatic rings. The van der Waals surface area contributed by atoms with Crippen LogP contribution in [0.25, 0.3) is 21.8 Å². The number of amides is 1. The minimum Gasteiger partial charge on any atom is -0.482 e. The smallest absolute Gasteiger partial charge is 0.262 e. The van der Waals surface area contributed by atoms with Gasteiger partial charge in [0.25, 0.3) is 5.91 Å². The Hall–Kier alpha value is -2.93. The van der Waals surface area contributed by atoms with Crippen molar-refractivity contribution in [3.63, 3.8) is 0 Å². The molecule has 0 unspecified atom stereocenters. The predicted molar refractivity (Wildman–Crippen MR) is 96.2 cm³/mol. The quantitative estimate of drug-likeness (QED) is 0.685. The monoisotopic (exact) mass is 355 g/mol. The summed E-state index contributed by atoms with van der Waals surface area (Å²) in [7, 11) is 0. The maximum Gasteiger partial charge on any atom is 0.262 e. The Morgan fingerprint density at radius 3 is 2.96 bits per heavy atom. The van der Waals surface area contributed by atoms with Gasteiger partial charge < -0.3 is 15.8 Å². The molecule has 0 bridgehead atoms. The highest BCUT2D eigenvalue weighted by atomic mass is 32.1. The third-order valence-electron chi connectivity index (χ3n) is 4.00. The SMILES string of the molecule is Cc1c(-c2csc(-c3cc(N)cc(F)c3)n2)ccc2c1NC(=O)CO2. The van der Waals surface area contributed by atoms with Crippen LogP contribution in [0, 0.1) is 12.7 Å². The molecule has 3 N–H and O–H groups in total. The molecule has 25 heavy (non-hydrogen) atoms. The van der Waals surface area contributed by atoms with Gasteiger partial charge in [-0.25, -0.2) is 9.37 Å². The first-order valence-electron chi connectivity index (χ1n) is 7.60. The first kappa shape index (κ1) is 15.6. The normalized spacial score (nSPS) is 13.1. The molecule has 1 amide bonds. The Morgan fingerprint density at radius 1 is 1.32 bits per heavy atom. The van der Waals surface area contributed by atoms with Gasteiger partial charge in [0, 0.05) is 22.2 Å². The summed E-state index contributed by atoms with van der Waals surface area (Å²) in [6.45, 7) is 1.93. The number of thiazole rings is 1. The average Bonchev–Trinajstić information content (AvgIpc) is 3.05. The van der Waals surface area contributed by atoms with E-state index in [1.54, 1.807) is 6.07 Å². The predicted octanol–water partition coefficient (Wildman–Crippen LogP) is 3.84. The molecule has 0 spiro atoms. The van der Waals surface area contributed by atoms with Crippen molar-refractivity contribution in [2.45, 2.75) is 6.92 Å². The van der Waals surface area contributed by atoms with Crippen LogP contribution < -0.4 is 15.8 Å².